The first-order chi connectivity index (χ1) is 9.11. The van der Waals surface area contributed by atoms with Crippen LogP contribution in [0.15, 0.2) is 42.5 Å². The standard InChI is InChI=1S/C15H15ClN2S/c1-2-10-5-3-4-6-13(10)18-14-9-11(16)7-8-12(14)15(17)19/h3-9,18H,2H2,1H3,(H2,17,19). The third-order valence-corrected chi connectivity index (χ3v) is 3.37. The van der Waals surface area contributed by atoms with Gasteiger partial charge in [-0.1, -0.05) is 48.9 Å². The number of para-hydroxylation sites is 1. The van der Waals surface area contributed by atoms with Crippen molar-refractivity contribution in [1.82, 2.24) is 0 Å². The molecule has 0 heterocycles. The fourth-order valence-electron chi connectivity index (χ4n) is 1.93. The largest absolute Gasteiger partial charge is 0.389 e. The molecule has 0 unspecified atom stereocenters. The topological polar surface area (TPSA) is 38.0 Å². The SMILES string of the molecule is CCc1ccccc1Nc1cc(Cl)ccc1C(N)=S. The second kappa shape index (κ2) is 6.04. The number of nitrogens with two attached hydrogens (primary N) is 1. The average Bonchev–Trinajstić information content (AvgIpc) is 2.39. The van der Waals surface area contributed by atoms with Crippen molar-refractivity contribution in [2.75, 3.05) is 5.32 Å². The molecule has 0 radical (unpaired) electrons. The van der Waals surface area contributed by atoms with E-state index in [-0.39, 0.29) is 0 Å². The minimum atomic E-state index is 0.355. The molecule has 0 bridgehead atoms. The Bertz CT molecular complexity index is 611. The van der Waals surface area contributed by atoms with Crippen LogP contribution < -0.4 is 11.1 Å². The molecule has 0 aromatic heterocycles. The Morgan fingerprint density at radius 2 is 1.95 bits per heavy atom. The van der Waals surface area contributed by atoms with Crippen molar-refractivity contribution in [3.63, 3.8) is 0 Å². The minimum absolute atomic E-state index is 0.355. The average molecular weight is 291 g/mol. The van der Waals surface area contributed by atoms with Crippen LogP contribution >= 0.6 is 23.8 Å². The van der Waals surface area contributed by atoms with Gasteiger partial charge in [0.25, 0.3) is 0 Å². The molecule has 3 N–H and O–H groups in total. The monoisotopic (exact) mass is 290 g/mol. The fraction of sp³-hybridized carbons (Fsp3) is 0.133. The van der Waals surface area contributed by atoms with E-state index in [1.54, 1.807) is 6.07 Å². The molecule has 98 valence electrons. The van der Waals surface area contributed by atoms with Gasteiger partial charge < -0.3 is 11.1 Å². The van der Waals surface area contributed by atoms with E-state index in [9.17, 15) is 0 Å². The number of thiocarbonyl (C=S) groups is 1. The zero-order chi connectivity index (χ0) is 13.8. The Kier molecular flexibility index (Phi) is 4.40. The van der Waals surface area contributed by atoms with E-state index in [4.69, 9.17) is 29.6 Å². The first-order valence-electron chi connectivity index (χ1n) is 6.06. The molecule has 0 fully saturated rings. The molecule has 2 aromatic carbocycles. The van der Waals surface area contributed by atoms with E-state index in [1.165, 1.54) is 5.56 Å². The lowest BCUT2D eigenvalue weighted by Gasteiger charge is -2.14. The number of hydrogen-bond donors (Lipinski definition) is 2. The summed E-state index contributed by atoms with van der Waals surface area (Å²) in [5.41, 5.74) is 9.65. The molecular weight excluding hydrogens is 276 g/mol. The van der Waals surface area contributed by atoms with Crippen LogP contribution in [0.2, 0.25) is 5.02 Å². The van der Waals surface area contributed by atoms with Crippen LogP contribution in [0.3, 0.4) is 0 Å². The molecule has 0 aliphatic rings. The number of benzene rings is 2. The molecule has 0 aliphatic carbocycles. The number of hydrogen-bond acceptors (Lipinski definition) is 2. The Labute approximate surface area is 123 Å². The van der Waals surface area contributed by atoms with E-state index in [2.05, 4.69) is 18.3 Å². The van der Waals surface area contributed by atoms with E-state index < -0.39 is 0 Å². The molecular formula is C15H15ClN2S. The lowest BCUT2D eigenvalue weighted by Crippen LogP contribution is -2.12. The zero-order valence-corrected chi connectivity index (χ0v) is 12.2. The van der Waals surface area contributed by atoms with Gasteiger partial charge in [-0.2, -0.15) is 0 Å². The quantitative estimate of drug-likeness (QED) is 0.826. The first-order valence-corrected chi connectivity index (χ1v) is 6.84. The lowest BCUT2D eigenvalue weighted by atomic mass is 10.1. The van der Waals surface area contributed by atoms with Gasteiger partial charge >= 0.3 is 0 Å². The zero-order valence-electron chi connectivity index (χ0n) is 10.6. The van der Waals surface area contributed by atoms with Gasteiger partial charge in [-0.25, -0.2) is 0 Å². The van der Waals surface area contributed by atoms with Crippen molar-refractivity contribution in [3.05, 3.63) is 58.6 Å². The lowest BCUT2D eigenvalue weighted by molar-refractivity contribution is 1.14. The van der Waals surface area contributed by atoms with Crippen LogP contribution in [0.4, 0.5) is 11.4 Å². The molecule has 2 rings (SSSR count). The summed E-state index contributed by atoms with van der Waals surface area (Å²) >= 11 is 11.1. The summed E-state index contributed by atoms with van der Waals surface area (Å²) in [6, 6.07) is 13.6. The Morgan fingerprint density at radius 1 is 1.21 bits per heavy atom. The predicted octanol–water partition coefficient (Wildman–Crippen LogP) is 4.28. The van der Waals surface area contributed by atoms with Crippen LogP contribution in [0.25, 0.3) is 0 Å². The number of rotatable bonds is 4. The van der Waals surface area contributed by atoms with Gasteiger partial charge in [-0.05, 0) is 36.2 Å². The molecule has 19 heavy (non-hydrogen) atoms. The third kappa shape index (κ3) is 3.25. The highest BCUT2D eigenvalue weighted by Crippen LogP contribution is 2.27. The summed E-state index contributed by atoms with van der Waals surface area (Å²) in [4.78, 5) is 0.355. The minimum Gasteiger partial charge on any atom is -0.389 e. The van der Waals surface area contributed by atoms with E-state index in [0.717, 1.165) is 23.4 Å². The molecule has 0 saturated carbocycles. The maximum absolute atomic E-state index is 6.04. The number of halogens is 1. The van der Waals surface area contributed by atoms with E-state index in [1.807, 2.05) is 30.3 Å². The van der Waals surface area contributed by atoms with Crippen LogP contribution in [0, 0.1) is 0 Å². The van der Waals surface area contributed by atoms with Gasteiger partial charge in [0.15, 0.2) is 0 Å². The molecule has 0 spiro atoms. The number of anilines is 2. The molecule has 2 aromatic rings. The highest BCUT2D eigenvalue weighted by Gasteiger charge is 2.08. The third-order valence-electron chi connectivity index (χ3n) is 2.91. The molecule has 0 atom stereocenters. The van der Waals surface area contributed by atoms with Crippen LogP contribution in [0.5, 0.6) is 0 Å². The number of nitrogens with one attached hydrogen (secondary N) is 1. The molecule has 0 saturated heterocycles. The van der Waals surface area contributed by atoms with Gasteiger partial charge in [0.1, 0.15) is 4.99 Å². The van der Waals surface area contributed by atoms with E-state index in [0.29, 0.717) is 10.0 Å². The summed E-state index contributed by atoms with van der Waals surface area (Å²) in [7, 11) is 0. The second-order valence-electron chi connectivity index (χ2n) is 4.19. The smallest absolute Gasteiger partial charge is 0.106 e. The maximum Gasteiger partial charge on any atom is 0.106 e. The number of aryl methyl sites for hydroxylation is 1. The van der Waals surface area contributed by atoms with Gasteiger partial charge in [0, 0.05) is 16.3 Å². The van der Waals surface area contributed by atoms with Crippen molar-refractivity contribution < 1.29 is 0 Å². The Morgan fingerprint density at radius 3 is 2.63 bits per heavy atom. The van der Waals surface area contributed by atoms with Gasteiger partial charge in [-0.3, -0.25) is 0 Å². The maximum atomic E-state index is 6.04. The summed E-state index contributed by atoms with van der Waals surface area (Å²) < 4.78 is 0. The van der Waals surface area contributed by atoms with Gasteiger partial charge in [0.05, 0.1) is 5.69 Å². The van der Waals surface area contributed by atoms with Crippen LogP contribution in [-0.4, -0.2) is 4.99 Å². The molecule has 4 heteroatoms. The highest BCUT2D eigenvalue weighted by molar-refractivity contribution is 7.80. The summed E-state index contributed by atoms with van der Waals surface area (Å²) in [6.07, 6.45) is 0.951. The highest BCUT2D eigenvalue weighted by atomic mass is 35.5. The second-order valence-corrected chi connectivity index (χ2v) is 5.07. The van der Waals surface area contributed by atoms with E-state index >= 15 is 0 Å². The van der Waals surface area contributed by atoms with Crippen molar-refractivity contribution in [3.8, 4) is 0 Å². The molecule has 0 aliphatic heterocycles. The van der Waals surface area contributed by atoms with Crippen molar-refractivity contribution in [1.29, 1.82) is 0 Å². The van der Waals surface area contributed by atoms with Crippen molar-refractivity contribution in [2.24, 2.45) is 5.73 Å². The first kappa shape index (κ1) is 13.8. The summed E-state index contributed by atoms with van der Waals surface area (Å²) in [6.45, 7) is 2.12. The Balaban J connectivity index is 2.42. The Hall–Kier alpha value is -1.58. The fourth-order valence-corrected chi connectivity index (χ4v) is 2.28. The van der Waals surface area contributed by atoms with Crippen LogP contribution in [-0.2, 0) is 6.42 Å². The van der Waals surface area contributed by atoms with Crippen molar-refractivity contribution >= 4 is 40.2 Å². The van der Waals surface area contributed by atoms with Crippen LogP contribution in [0.1, 0.15) is 18.1 Å². The van der Waals surface area contributed by atoms with Gasteiger partial charge in [-0.15, -0.1) is 0 Å². The molecule has 2 nitrogen and oxygen atoms in total. The summed E-state index contributed by atoms with van der Waals surface area (Å²) in [5, 5.41) is 4.01. The van der Waals surface area contributed by atoms with Crippen molar-refractivity contribution in [2.45, 2.75) is 13.3 Å². The predicted molar refractivity (Wildman–Crippen MR) is 86.4 cm³/mol. The molecule has 0 amide bonds. The summed E-state index contributed by atoms with van der Waals surface area (Å²) in [5.74, 6) is 0. The normalized spacial score (nSPS) is 10.2. The van der Waals surface area contributed by atoms with Gasteiger partial charge in [0.2, 0.25) is 0 Å².